The minimum atomic E-state index is -3.66. The van der Waals surface area contributed by atoms with Crippen molar-refractivity contribution in [1.29, 1.82) is 0 Å². The Labute approximate surface area is 140 Å². The molecule has 0 aliphatic rings. The van der Waals surface area contributed by atoms with E-state index in [1.807, 2.05) is 38.1 Å². The molecule has 0 aliphatic heterocycles. The van der Waals surface area contributed by atoms with Crippen molar-refractivity contribution in [2.45, 2.75) is 24.8 Å². The molecule has 1 atom stereocenters. The van der Waals surface area contributed by atoms with E-state index < -0.39 is 10.0 Å². The maximum absolute atomic E-state index is 13.0. The zero-order valence-electron chi connectivity index (χ0n) is 13.1. The molecule has 0 fully saturated rings. The van der Waals surface area contributed by atoms with E-state index in [1.165, 1.54) is 4.31 Å². The van der Waals surface area contributed by atoms with Crippen LogP contribution in [0.5, 0.6) is 0 Å². The summed E-state index contributed by atoms with van der Waals surface area (Å²) >= 11 is 1.02. The van der Waals surface area contributed by atoms with Gasteiger partial charge in [-0.15, -0.1) is 0 Å². The van der Waals surface area contributed by atoms with Gasteiger partial charge < -0.3 is 0 Å². The number of fused-ring (bicyclic) bond motifs is 1. The Kier molecular flexibility index (Phi) is 4.18. The second-order valence-corrected chi connectivity index (χ2v) is 7.99. The van der Waals surface area contributed by atoms with Gasteiger partial charge in [-0.1, -0.05) is 35.9 Å². The molecule has 5 nitrogen and oxygen atoms in total. The molecule has 3 aromatic rings. The first-order chi connectivity index (χ1) is 10.9. The van der Waals surface area contributed by atoms with Crippen LogP contribution in [0.1, 0.15) is 24.1 Å². The zero-order chi connectivity index (χ0) is 16.6. The summed E-state index contributed by atoms with van der Waals surface area (Å²) in [6, 6.07) is 12.6. The number of nitrogens with zero attached hydrogens (tertiary/aromatic N) is 3. The second kappa shape index (κ2) is 5.99. The molecule has 1 aromatic heterocycles. The Bertz CT molecular complexity index is 933. The molecule has 0 radical (unpaired) electrons. The lowest BCUT2D eigenvalue weighted by molar-refractivity contribution is 0.399. The van der Waals surface area contributed by atoms with Crippen molar-refractivity contribution in [2.24, 2.45) is 0 Å². The van der Waals surface area contributed by atoms with Crippen LogP contribution >= 0.6 is 11.7 Å². The quantitative estimate of drug-likeness (QED) is 0.726. The van der Waals surface area contributed by atoms with Crippen molar-refractivity contribution < 1.29 is 8.42 Å². The molecule has 0 unspecified atom stereocenters. The predicted octanol–water partition coefficient (Wildman–Crippen LogP) is 3.38. The molecular formula is C16H17N3O2S2. The molecule has 1 heterocycles. The largest absolute Gasteiger partial charge is 0.245 e. The highest BCUT2D eigenvalue weighted by molar-refractivity contribution is 7.89. The molecule has 23 heavy (non-hydrogen) atoms. The lowest BCUT2D eigenvalue weighted by Gasteiger charge is -2.24. The van der Waals surface area contributed by atoms with Gasteiger partial charge >= 0.3 is 0 Å². The van der Waals surface area contributed by atoms with Crippen LogP contribution in [0.4, 0.5) is 0 Å². The minimum Gasteiger partial charge on any atom is -0.207 e. The van der Waals surface area contributed by atoms with Crippen LogP contribution in [0.15, 0.2) is 47.4 Å². The molecule has 0 aliphatic carbocycles. The second-order valence-electron chi connectivity index (χ2n) is 5.50. The van der Waals surface area contributed by atoms with E-state index in [0.29, 0.717) is 11.0 Å². The summed E-state index contributed by atoms with van der Waals surface area (Å²) in [6.07, 6.45) is 0. The van der Waals surface area contributed by atoms with E-state index in [9.17, 15) is 8.42 Å². The fraction of sp³-hybridized carbons (Fsp3) is 0.250. The van der Waals surface area contributed by atoms with Crippen LogP contribution in [0, 0.1) is 6.92 Å². The number of aromatic nitrogens is 2. The first-order valence-corrected chi connectivity index (χ1v) is 9.34. The minimum absolute atomic E-state index is 0.199. The predicted molar refractivity (Wildman–Crippen MR) is 92.0 cm³/mol. The van der Waals surface area contributed by atoms with E-state index in [-0.39, 0.29) is 10.9 Å². The van der Waals surface area contributed by atoms with Crippen molar-refractivity contribution in [2.75, 3.05) is 7.05 Å². The fourth-order valence-electron chi connectivity index (χ4n) is 2.41. The van der Waals surface area contributed by atoms with Crippen LogP contribution in [-0.4, -0.2) is 28.5 Å². The molecule has 3 rings (SSSR count). The number of sulfonamides is 1. The third-order valence-electron chi connectivity index (χ3n) is 4.01. The highest BCUT2D eigenvalue weighted by Crippen LogP contribution is 2.29. The normalized spacial score (nSPS) is 13.6. The summed E-state index contributed by atoms with van der Waals surface area (Å²) in [6.45, 7) is 3.88. The van der Waals surface area contributed by atoms with Gasteiger partial charge in [-0.3, -0.25) is 0 Å². The van der Waals surface area contributed by atoms with Crippen molar-refractivity contribution in [3.8, 4) is 0 Å². The Hall–Kier alpha value is -1.83. The van der Waals surface area contributed by atoms with Gasteiger partial charge in [0.2, 0.25) is 10.0 Å². The molecule has 0 bridgehead atoms. The molecule has 0 N–H and O–H groups in total. The standard InChI is InChI=1S/C16H17N3O2S2/c1-11-7-9-13(10-8-11)12(2)19(3)23(20,21)15-6-4-5-14-16(15)18-22-17-14/h4-10,12H,1-3H3/t12-/m1/s1. The lowest BCUT2D eigenvalue weighted by Crippen LogP contribution is -2.30. The average Bonchev–Trinajstić information content (AvgIpc) is 3.02. The topological polar surface area (TPSA) is 63.2 Å². The smallest absolute Gasteiger partial charge is 0.207 e. The van der Waals surface area contributed by atoms with Gasteiger partial charge in [0.25, 0.3) is 0 Å². The average molecular weight is 347 g/mol. The van der Waals surface area contributed by atoms with E-state index in [4.69, 9.17) is 0 Å². The lowest BCUT2D eigenvalue weighted by atomic mass is 10.1. The van der Waals surface area contributed by atoms with Crippen molar-refractivity contribution >= 4 is 32.8 Å². The van der Waals surface area contributed by atoms with Gasteiger partial charge in [0, 0.05) is 13.1 Å². The first-order valence-electron chi connectivity index (χ1n) is 7.17. The summed E-state index contributed by atoms with van der Waals surface area (Å²) in [4.78, 5) is 0.199. The number of hydrogen-bond donors (Lipinski definition) is 0. The van der Waals surface area contributed by atoms with Gasteiger partial charge in [0.1, 0.15) is 15.9 Å². The van der Waals surface area contributed by atoms with Crippen LogP contribution in [0.3, 0.4) is 0 Å². The monoisotopic (exact) mass is 347 g/mol. The summed E-state index contributed by atoms with van der Waals surface area (Å²) in [5, 5.41) is 0. The SMILES string of the molecule is Cc1ccc([C@@H](C)N(C)S(=O)(=O)c2cccc3nsnc23)cc1. The Morgan fingerprint density at radius 2 is 1.78 bits per heavy atom. The third-order valence-corrected chi connectivity index (χ3v) is 6.51. The van der Waals surface area contributed by atoms with E-state index in [1.54, 1.807) is 25.2 Å². The van der Waals surface area contributed by atoms with Gasteiger partial charge in [-0.25, -0.2) is 8.42 Å². The Morgan fingerprint density at radius 1 is 1.09 bits per heavy atom. The highest BCUT2D eigenvalue weighted by atomic mass is 32.2. The molecule has 2 aromatic carbocycles. The van der Waals surface area contributed by atoms with Crippen LogP contribution in [0.25, 0.3) is 11.0 Å². The van der Waals surface area contributed by atoms with Crippen molar-refractivity contribution in [1.82, 2.24) is 13.1 Å². The number of hydrogen-bond acceptors (Lipinski definition) is 5. The van der Waals surface area contributed by atoms with Crippen molar-refractivity contribution in [3.05, 3.63) is 53.6 Å². The van der Waals surface area contributed by atoms with Crippen LogP contribution in [-0.2, 0) is 10.0 Å². The van der Waals surface area contributed by atoms with Gasteiger partial charge in [-0.2, -0.15) is 13.1 Å². The summed E-state index contributed by atoms with van der Waals surface area (Å²) < 4.78 is 35.6. The van der Waals surface area contributed by atoms with Gasteiger partial charge in [-0.05, 0) is 31.5 Å². The molecular weight excluding hydrogens is 330 g/mol. The van der Waals surface area contributed by atoms with Crippen LogP contribution in [0.2, 0.25) is 0 Å². The van der Waals surface area contributed by atoms with Crippen molar-refractivity contribution in [3.63, 3.8) is 0 Å². The number of rotatable bonds is 4. The van der Waals surface area contributed by atoms with Crippen LogP contribution < -0.4 is 0 Å². The Morgan fingerprint density at radius 3 is 2.48 bits per heavy atom. The Balaban J connectivity index is 2.01. The molecule has 7 heteroatoms. The fourth-order valence-corrected chi connectivity index (χ4v) is 4.51. The zero-order valence-corrected chi connectivity index (χ0v) is 14.7. The summed E-state index contributed by atoms with van der Waals surface area (Å²) in [5.41, 5.74) is 3.13. The van der Waals surface area contributed by atoms with Gasteiger partial charge in [0.05, 0.1) is 11.7 Å². The highest BCUT2D eigenvalue weighted by Gasteiger charge is 2.28. The molecule has 0 spiro atoms. The molecule has 120 valence electrons. The van der Waals surface area contributed by atoms with Gasteiger partial charge in [0.15, 0.2) is 0 Å². The van der Waals surface area contributed by atoms with E-state index in [0.717, 1.165) is 22.9 Å². The number of aryl methyl sites for hydroxylation is 1. The maximum atomic E-state index is 13.0. The third kappa shape index (κ3) is 2.87. The van der Waals surface area contributed by atoms with E-state index >= 15 is 0 Å². The first kappa shape index (κ1) is 16.0. The molecule has 0 saturated heterocycles. The van der Waals surface area contributed by atoms with E-state index in [2.05, 4.69) is 8.75 Å². The maximum Gasteiger partial charge on any atom is 0.245 e. The summed E-state index contributed by atoms with van der Waals surface area (Å²) in [7, 11) is -2.06. The molecule has 0 amide bonds. The molecule has 0 saturated carbocycles. The summed E-state index contributed by atoms with van der Waals surface area (Å²) in [5.74, 6) is 0. The number of benzene rings is 2.